The Morgan fingerprint density at radius 1 is 0.872 bits per heavy atom. The average molecular weight is 642 g/mol. The Hall–Kier alpha value is -4.41. The van der Waals surface area contributed by atoms with Crippen LogP contribution in [0.1, 0.15) is 42.5 Å². The number of amidine groups is 2. The van der Waals surface area contributed by atoms with Crippen molar-refractivity contribution >= 4 is 17.6 Å². The maximum atomic E-state index is 13.9. The third-order valence-electron chi connectivity index (χ3n) is 9.19. The maximum absolute atomic E-state index is 13.9. The normalized spacial score (nSPS) is 20.2. The molecular formula is C37H41F2N5O3. The van der Waals surface area contributed by atoms with Crippen LogP contribution in [0.2, 0.25) is 0 Å². The summed E-state index contributed by atoms with van der Waals surface area (Å²) in [6, 6.07) is 23.0. The minimum absolute atomic E-state index is 0.166. The minimum atomic E-state index is -0.360. The van der Waals surface area contributed by atoms with Gasteiger partial charge >= 0.3 is 5.97 Å². The van der Waals surface area contributed by atoms with Gasteiger partial charge in [0.2, 0.25) is 0 Å². The zero-order chi connectivity index (χ0) is 32.9. The molecule has 3 aromatic carbocycles. The van der Waals surface area contributed by atoms with Crippen LogP contribution in [0.5, 0.6) is 0 Å². The molecule has 3 aliphatic heterocycles. The fourth-order valence-corrected chi connectivity index (χ4v) is 7.00. The van der Waals surface area contributed by atoms with Crippen molar-refractivity contribution in [2.24, 2.45) is 15.9 Å². The number of halogens is 2. The highest BCUT2D eigenvalue weighted by molar-refractivity contribution is 6.11. The monoisotopic (exact) mass is 641 g/mol. The van der Waals surface area contributed by atoms with Gasteiger partial charge < -0.3 is 19.3 Å². The molecule has 8 nitrogen and oxygen atoms in total. The Kier molecular flexibility index (Phi) is 10.1. The zero-order valence-corrected chi connectivity index (χ0v) is 27.1. The molecule has 3 aromatic rings. The number of methoxy groups -OCH3 is 1. The molecule has 47 heavy (non-hydrogen) atoms. The summed E-state index contributed by atoms with van der Waals surface area (Å²) in [5, 5.41) is 0. The number of allylic oxidation sites excluding steroid dienone is 1. The topological polar surface area (TPSA) is 70.0 Å². The van der Waals surface area contributed by atoms with E-state index < -0.39 is 0 Å². The molecule has 3 heterocycles. The van der Waals surface area contributed by atoms with E-state index in [-0.39, 0.29) is 42.1 Å². The molecule has 6 rings (SSSR count). The van der Waals surface area contributed by atoms with E-state index in [1.807, 2.05) is 32.0 Å². The van der Waals surface area contributed by atoms with Gasteiger partial charge in [0.05, 0.1) is 36.4 Å². The molecule has 246 valence electrons. The smallest absolute Gasteiger partial charge is 0.336 e. The number of aliphatic imine (C=N–C) groups is 2. The highest BCUT2D eigenvalue weighted by atomic mass is 19.1. The standard InChI is InChI=1S/C37H41F2N5O3/c1-4-47-37(45)31-25(2)41-36-33(32(31)26-8-6-5-7-9-26)35(40-24-44(36)22-23-46-3)43-20-18-42(19-21-43)34(27-10-14-29(38)15-11-27)28-12-16-30(39)17-13-28/h5-17,32-34H,4,18-24H2,1-3H3. The molecule has 0 aromatic heterocycles. The number of hydrogen-bond donors (Lipinski definition) is 0. The second kappa shape index (κ2) is 14.6. The SMILES string of the molecule is CCOC(=O)C1=C(C)N=C2C(C(N3CCN(C(c4ccc(F)cc4)c4ccc(F)cc4)CC3)=NCN2CCOC)C1c1ccccc1. The van der Waals surface area contributed by atoms with Crippen molar-refractivity contribution in [2.75, 3.05) is 59.7 Å². The van der Waals surface area contributed by atoms with Gasteiger partial charge in [0.25, 0.3) is 0 Å². The summed E-state index contributed by atoms with van der Waals surface area (Å²) in [6.45, 7) is 8.29. The van der Waals surface area contributed by atoms with E-state index in [4.69, 9.17) is 19.5 Å². The molecule has 1 fully saturated rings. The molecular weight excluding hydrogens is 600 g/mol. The number of ether oxygens (including phenoxy) is 2. The quantitative estimate of drug-likeness (QED) is 0.282. The number of nitrogens with zero attached hydrogens (tertiary/aromatic N) is 5. The molecule has 0 N–H and O–H groups in total. The van der Waals surface area contributed by atoms with E-state index in [0.717, 1.165) is 28.4 Å². The van der Waals surface area contributed by atoms with Crippen LogP contribution >= 0.6 is 0 Å². The summed E-state index contributed by atoms with van der Waals surface area (Å²) < 4.78 is 38.8. The van der Waals surface area contributed by atoms with Gasteiger partial charge in [-0.2, -0.15) is 0 Å². The third-order valence-corrected chi connectivity index (χ3v) is 9.19. The average Bonchev–Trinajstić information content (AvgIpc) is 3.09. The fourth-order valence-electron chi connectivity index (χ4n) is 7.00. The van der Waals surface area contributed by atoms with Gasteiger partial charge in [-0.25, -0.2) is 18.6 Å². The molecule has 10 heteroatoms. The molecule has 2 atom stereocenters. The molecule has 0 saturated carbocycles. The van der Waals surface area contributed by atoms with E-state index in [2.05, 4.69) is 26.8 Å². The minimum Gasteiger partial charge on any atom is -0.463 e. The van der Waals surface area contributed by atoms with Crippen molar-refractivity contribution in [3.05, 3.63) is 118 Å². The summed E-state index contributed by atoms with van der Waals surface area (Å²) in [4.78, 5) is 30.6. The van der Waals surface area contributed by atoms with E-state index in [0.29, 0.717) is 57.3 Å². The van der Waals surface area contributed by atoms with Crippen LogP contribution in [0.3, 0.4) is 0 Å². The molecule has 0 spiro atoms. The van der Waals surface area contributed by atoms with Crippen LogP contribution in [0.4, 0.5) is 8.78 Å². The molecule has 2 unspecified atom stereocenters. The molecule has 1 saturated heterocycles. The second-order valence-electron chi connectivity index (χ2n) is 12.0. The molecule has 0 radical (unpaired) electrons. The fraction of sp³-hybridized carbons (Fsp3) is 0.378. The summed E-state index contributed by atoms with van der Waals surface area (Å²) >= 11 is 0. The van der Waals surface area contributed by atoms with Crippen LogP contribution < -0.4 is 0 Å². The number of hydrogen-bond acceptors (Lipinski definition) is 8. The van der Waals surface area contributed by atoms with Crippen LogP contribution in [-0.2, 0) is 14.3 Å². The Morgan fingerprint density at radius 3 is 2.06 bits per heavy atom. The number of piperazine rings is 1. The van der Waals surface area contributed by atoms with Crippen molar-refractivity contribution in [1.29, 1.82) is 0 Å². The van der Waals surface area contributed by atoms with Gasteiger partial charge in [-0.05, 0) is 54.8 Å². The van der Waals surface area contributed by atoms with Crippen molar-refractivity contribution in [1.82, 2.24) is 14.7 Å². The first-order valence-corrected chi connectivity index (χ1v) is 16.2. The summed E-state index contributed by atoms with van der Waals surface area (Å²) in [5.41, 5.74) is 4.10. The number of fused-ring (bicyclic) bond motifs is 1. The number of esters is 1. The van der Waals surface area contributed by atoms with Crippen molar-refractivity contribution in [2.45, 2.75) is 25.8 Å². The van der Waals surface area contributed by atoms with Gasteiger partial charge in [0, 0.05) is 45.8 Å². The maximum Gasteiger partial charge on any atom is 0.336 e. The first-order valence-electron chi connectivity index (χ1n) is 16.2. The van der Waals surface area contributed by atoms with Crippen LogP contribution in [-0.4, -0.2) is 92.1 Å². The van der Waals surface area contributed by atoms with Gasteiger partial charge in [-0.15, -0.1) is 0 Å². The van der Waals surface area contributed by atoms with Crippen molar-refractivity contribution in [3.63, 3.8) is 0 Å². The largest absolute Gasteiger partial charge is 0.463 e. The zero-order valence-electron chi connectivity index (χ0n) is 27.1. The van der Waals surface area contributed by atoms with E-state index in [1.54, 1.807) is 31.4 Å². The Balaban J connectivity index is 1.34. The van der Waals surface area contributed by atoms with Gasteiger partial charge in [0.1, 0.15) is 30.0 Å². The predicted octanol–water partition coefficient (Wildman–Crippen LogP) is 5.64. The number of benzene rings is 3. The lowest BCUT2D eigenvalue weighted by Gasteiger charge is -2.47. The van der Waals surface area contributed by atoms with Gasteiger partial charge in [0.15, 0.2) is 0 Å². The molecule has 0 aliphatic carbocycles. The van der Waals surface area contributed by atoms with E-state index >= 15 is 0 Å². The van der Waals surface area contributed by atoms with Crippen molar-refractivity contribution in [3.8, 4) is 0 Å². The number of carbonyl (C=O) groups excluding carboxylic acids is 1. The van der Waals surface area contributed by atoms with Gasteiger partial charge in [-0.3, -0.25) is 9.89 Å². The first-order chi connectivity index (χ1) is 22.9. The summed E-state index contributed by atoms with van der Waals surface area (Å²) in [7, 11) is 1.68. The van der Waals surface area contributed by atoms with E-state index in [1.165, 1.54) is 24.3 Å². The van der Waals surface area contributed by atoms with Crippen molar-refractivity contribution < 1.29 is 23.0 Å². The lowest BCUT2D eigenvalue weighted by atomic mass is 9.75. The lowest BCUT2D eigenvalue weighted by Crippen LogP contribution is -2.58. The Bertz CT molecular complexity index is 1590. The molecule has 3 aliphatic rings. The molecule has 0 amide bonds. The van der Waals surface area contributed by atoms with Crippen LogP contribution in [0.15, 0.2) is 100 Å². The number of carbonyl (C=O) groups is 1. The lowest BCUT2D eigenvalue weighted by molar-refractivity contribution is -0.139. The highest BCUT2D eigenvalue weighted by Crippen LogP contribution is 2.43. The van der Waals surface area contributed by atoms with Crippen LogP contribution in [0.25, 0.3) is 0 Å². The predicted molar refractivity (Wildman–Crippen MR) is 178 cm³/mol. The highest BCUT2D eigenvalue weighted by Gasteiger charge is 2.47. The second-order valence-corrected chi connectivity index (χ2v) is 12.0. The molecule has 0 bridgehead atoms. The Labute approximate surface area is 275 Å². The van der Waals surface area contributed by atoms with Crippen LogP contribution in [0, 0.1) is 17.6 Å². The Morgan fingerprint density at radius 2 is 1.49 bits per heavy atom. The van der Waals surface area contributed by atoms with Gasteiger partial charge in [-0.1, -0.05) is 54.6 Å². The first kappa shape index (κ1) is 32.5. The van der Waals surface area contributed by atoms with E-state index in [9.17, 15) is 13.6 Å². The summed E-state index contributed by atoms with van der Waals surface area (Å²) in [5.74, 6) is 0.191. The third kappa shape index (κ3) is 6.84. The summed E-state index contributed by atoms with van der Waals surface area (Å²) in [6.07, 6.45) is 0. The number of rotatable bonds is 9.